The third-order valence-electron chi connectivity index (χ3n) is 2.38. The van der Waals surface area contributed by atoms with Crippen LogP contribution in [-0.2, 0) is 15.7 Å². The van der Waals surface area contributed by atoms with Crippen molar-refractivity contribution in [1.82, 2.24) is 10.1 Å². The van der Waals surface area contributed by atoms with Gasteiger partial charge >= 0.3 is 5.97 Å². The second-order valence-electron chi connectivity index (χ2n) is 3.92. The Labute approximate surface area is 123 Å². The van der Waals surface area contributed by atoms with Crippen LogP contribution in [0.5, 0.6) is 5.75 Å². The average molecular weight is 333 g/mol. The fourth-order valence-corrected chi connectivity index (χ4v) is 2.49. The van der Waals surface area contributed by atoms with Gasteiger partial charge in [0.05, 0.1) is 5.56 Å². The van der Waals surface area contributed by atoms with Gasteiger partial charge in [-0.3, -0.25) is 0 Å². The number of aromatic carboxylic acids is 1. The van der Waals surface area contributed by atoms with Gasteiger partial charge in [0.1, 0.15) is 10.6 Å². The molecule has 0 unspecified atom stereocenters. The number of aromatic nitrogens is 2. The molecule has 0 atom stereocenters. The van der Waals surface area contributed by atoms with E-state index in [9.17, 15) is 13.2 Å². The minimum Gasteiger partial charge on any atom is -0.484 e. The van der Waals surface area contributed by atoms with Gasteiger partial charge in [0.25, 0.3) is 9.05 Å². The number of hydrogen-bond donors (Lipinski definition) is 1. The second-order valence-corrected chi connectivity index (χ2v) is 6.46. The zero-order valence-electron chi connectivity index (χ0n) is 10.6. The molecule has 10 heteroatoms. The second kappa shape index (κ2) is 5.70. The highest BCUT2D eigenvalue weighted by atomic mass is 35.7. The number of hydrogen-bond acceptors (Lipinski definition) is 7. The lowest BCUT2D eigenvalue weighted by atomic mass is 10.2. The van der Waals surface area contributed by atoms with Crippen molar-refractivity contribution in [2.75, 3.05) is 0 Å². The van der Waals surface area contributed by atoms with Gasteiger partial charge in [-0.15, -0.1) is 0 Å². The quantitative estimate of drug-likeness (QED) is 0.819. The normalized spacial score (nSPS) is 11.3. The minimum absolute atomic E-state index is 0.0996. The molecule has 0 aliphatic heterocycles. The Morgan fingerprint density at radius 3 is 2.71 bits per heavy atom. The molecular weight excluding hydrogens is 324 g/mol. The van der Waals surface area contributed by atoms with Crippen LogP contribution in [0.15, 0.2) is 27.6 Å². The number of carboxylic acid groups (broad SMARTS) is 1. The molecule has 0 radical (unpaired) electrons. The lowest BCUT2D eigenvalue weighted by Crippen LogP contribution is -2.05. The summed E-state index contributed by atoms with van der Waals surface area (Å²) in [7, 11) is 1.11. The molecule has 1 aromatic carbocycles. The van der Waals surface area contributed by atoms with Crippen LogP contribution in [0.25, 0.3) is 0 Å². The molecular formula is C11H9ClN2O6S. The van der Waals surface area contributed by atoms with Crippen LogP contribution in [-0.4, -0.2) is 29.6 Å². The molecule has 0 saturated heterocycles. The summed E-state index contributed by atoms with van der Waals surface area (Å²) < 4.78 is 33.0. The molecule has 0 aliphatic rings. The summed E-state index contributed by atoms with van der Waals surface area (Å²) in [5.74, 6) is -0.831. The van der Waals surface area contributed by atoms with Crippen LogP contribution in [0.4, 0.5) is 0 Å². The van der Waals surface area contributed by atoms with Gasteiger partial charge in [-0.1, -0.05) is 5.16 Å². The fourth-order valence-electron chi connectivity index (χ4n) is 1.49. The largest absolute Gasteiger partial charge is 0.484 e. The Morgan fingerprint density at radius 1 is 1.48 bits per heavy atom. The Balaban J connectivity index is 2.32. The van der Waals surface area contributed by atoms with E-state index in [2.05, 4.69) is 10.1 Å². The summed E-state index contributed by atoms with van der Waals surface area (Å²) in [6.45, 7) is 1.44. The molecule has 0 aliphatic carbocycles. The topological polar surface area (TPSA) is 120 Å². The van der Waals surface area contributed by atoms with E-state index < -0.39 is 19.9 Å². The van der Waals surface area contributed by atoms with Crippen molar-refractivity contribution in [3.63, 3.8) is 0 Å². The molecule has 1 N–H and O–H groups in total. The van der Waals surface area contributed by atoms with Crippen LogP contribution in [0.2, 0.25) is 0 Å². The van der Waals surface area contributed by atoms with Gasteiger partial charge in [0.15, 0.2) is 6.61 Å². The standard InChI is InChI=1S/C11H9ClN2O6S/c1-6-13-10(14-20-6)5-19-8-3-2-7(11(15)16)4-9(8)21(12,17)18/h2-4H,5H2,1H3,(H,15,16). The van der Waals surface area contributed by atoms with E-state index in [1.807, 2.05) is 0 Å². The van der Waals surface area contributed by atoms with E-state index in [1.54, 1.807) is 6.92 Å². The molecule has 1 aromatic heterocycles. The molecule has 21 heavy (non-hydrogen) atoms. The first-order chi connectivity index (χ1) is 9.77. The van der Waals surface area contributed by atoms with Gasteiger partial charge in [0.2, 0.25) is 11.7 Å². The third-order valence-corrected chi connectivity index (χ3v) is 3.72. The number of rotatable bonds is 5. The van der Waals surface area contributed by atoms with E-state index in [0.717, 1.165) is 6.07 Å². The van der Waals surface area contributed by atoms with Crippen molar-refractivity contribution in [3.05, 3.63) is 35.5 Å². The maximum absolute atomic E-state index is 11.5. The summed E-state index contributed by atoms with van der Waals surface area (Å²) in [5, 5.41) is 12.4. The van der Waals surface area contributed by atoms with E-state index in [0.29, 0.717) is 5.89 Å². The molecule has 1 heterocycles. The Hall–Kier alpha value is -2.13. The Kier molecular flexibility index (Phi) is 4.14. The number of halogens is 1. The monoisotopic (exact) mass is 332 g/mol. The molecule has 2 rings (SSSR count). The zero-order chi connectivity index (χ0) is 15.6. The first kappa shape index (κ1) is 15.3. The van der Waals surface area contributed by atoms with Crippen molar-refractivity contribution < 1.29 is 27.6 Å². The molecule has 0 saturated carbocycles. The van der Waals surface area contributed by atoms with Gasteiger partial charge < -0.3 is 14.4 Å². The predicted octanol–water partition coefficient (Wildman–Crippen LogP) is 1.58. The van der Waals surface area contributed by atoms with E-state index in [1.165, 1.54) is 12.1 Å². The maximum atomic E-state index is 11.5. The highest BCUT2D eigenvalue weighted by Crippen LogP contribution is 2.28. The maximum Gasteiger partial charge on any atom is 0.335 e. The number of carbonyl (C=O) groups is 1. The Bertz CT molecular complexity index is 786. The SMILES string of the molecule is Cc1nc(COc2ccc(C(=O)O)cc2S(=O)(=O)Cl)no1. The summed E-state index contributed by atoms with van der Waals surface area (Å²) in [6, 6.07) is 3.32. The predicted molar refractivity (Wildman–Crippen MR) is 69.8 cm³/mol. The van der Waals surface area contributed by atoms with Crippen LogP contribution in [0.3, 0.4) is 0 Å². The van der Waals surface area contributed by atoms with Crippen molar-refractivity contribution in [3.8, 4) is 5.75 Å². The van der Waals surface area contributed by atoms with Crippen molar-refractivity contribution in [1.29, 1.82) is 0 Å². The first-order valence-corrected chi connectivity index (χ1v) is 7.82. The number of nitrogens with zero attached hydrogens (tertiary/aromatic N) is 2. The highest BCUT2D eigenvalue weighted by molar-refractivity contribution is 8.13. The molecule has 0 spiro atoms. The van der Waals surface area contributed by atoms with E-state index in [-0.39, 0.29) is 23.7 Å². The lowest BCUT2D eigenvalue weighted by Gasteiger charge is -2.08. The number of benzene rings is 1. The van der Waals surface area contributed by atoms with Crippen LogP contribution in [0, 0.1) is 6.92 Å². The van der Waals surface area contributed by atoms with E-state index in [4.69, 9.17) is 25.0 Å². The summed E-state index contributed by atoms with van der Waals surface area (Å²) in [6.07, 6.45) is 0. The van der Waals surface area contributed by atoms with E-state index >= 15 is 0 Å². The smallest absolute Gasteiger partial charge is 0.335 e. The number of ether oxygens (including phenoxy) is 1. The van der Waals surface area contributed by atoms with Gasteiger partial charge in [0, 0.05) is 17.6 Å². The molecule has 0 amide bonds. The third kappa shape index (κ3) is 3.70. The average Bonchev–Trinajstić information content (AvgIpc) is 2.81. The van der Waals surface area contributed by atoms with Crippen LogP contribution >= 0.6 is 10.7 Å². The number of carboxylic acids is 1. The molecule has 8 nitrogen and oxygen atoms in total. The Morgan fingerprint density at radius 2 is 2.19 bits per heavy atom. The number of aryl methyl sites for hydroxylation is 1. The molecule has 112 valence electrons. The summed E-state index contributed by atoms with van der Waals surface area (Å²) in [4.78, 5) is 14.3. The van der Waals surface area contributed by atoms with Gasteiger partial charge in [-0.25, -0.2) is 13.2 Å². The summed E-state index contributed by atoms with van der Waals surface area (Å²) in [5.41, 5.74) is -0.225. The van der Waals surface area contributed by atoms with Gasteiger partial charge in [-0.05, 0) is 18.2 Å². The minimum atomic E-state index is -4.17. The van der Waals surface area contributed by atoms with Crippen molar-refractivity contribution >= 4 is 25.7 Å². The fraction of sp³-hybridized carbons (Fsp3) is 0.182. The van der Waals surface area contributed by atoms with Gasteiger partial charge in [-0.2, -0.15) is 4.98 Å². The molecule has 0 fully saturated rings. The summed E-state index contributed by atoms with van der Waals surface area (Å²) >= 11 is 0. The van der Waals surface area contributed by atoms with Crippen molar-refractivity contribution in [2.24, 2.45) is 0 Å². The van der Waals surface area contributed by atoms with Crippen LogP contribution < -0.4 is 4.74 Å². The molecule has 2 aromatic rings. The highest BCUT2D eigenvalue weighted by Gasteiger charge is 2.20. The first-order valence-electron chi connectivity index (χ1n) is 5.51. The lowest BCUT2D eigenvalue weighted by molar-refractivity contribution is 0.0696. The van der Waals surface area contributed by atoms with Crippen LogP contribution in [0.1, 0.15) is 22.1 Å². The molecule has 0 bridgehead atoms. The zero-order valence-corrected chi connectivity index (χ0v) is 12.2. The van der Waals surface area contributed by atoms with Crippen molar-refractivity contribution in [2.45, 2.75) is 18.4 Å².